The maximum atomic E-state index is 13.5. The fraction of sp³-hybridized carbons (Fsp3) is 0.455. The van der Waals surface area contributed by atoms with Gasteiger partial charge in [-0.1, -0.05) is 12.1 Å². The number of rotatable bonds is 5. The van der Waals surface area contributed by atoms with E-state index in [1.54, 1.807) is 6.92 Å². The van der Waals surface area contributed by atoms with Crippen molar-refractivity contribution in [1.29, 1.82) is 0 Å². The lowest BCUT2D eigenvalue weighted by Crippen LogP contribution is -2.37. The zero-order valence-corrected chi connectivity index (χ0v) is 9.34. The summed E-state index contributed by atoms with van der Waals surface area (Å²) in [4.78, 5) is 0. The van der Waals surface area contributed by atoms with E-state index >= 15 is 0 Å². The molecule has 1 rings (SSSR count). The molecule has 0 heterocycles. The van der Waals surface area contributed by atoms with Gasteiger partial charge in [0.15, 0.2) is 11.6 Å². The van der Waals surface area contributed by atoms with E-state index in [-0.39, 0.29) is 11.7 Å². The van der Waals surface area contributed by atoms with Crippen molar-refractivity contribution < 1.29 is 13.5 Å². The SMILES string of the molecule is CCOC(C)C(NN)c1cccc(F)c1F. The third-order valence-corrected chi connectivity index (χ3v) is 2.40. The van der Waals surface area contributed by atoms with E-state index in [0.717, 1.165) is 6.07 Å². The van der Waals surface area contributed by atoms with Crippen molar-refractivity contribution >= 4 is 0 Å². The van der Waals surface area contributed by atoms with Crippen molar-refractivity contribution in [1.82, 2.24) is 5.43 Å². The van der Waals surface area contributed by atoms with Crippen LogP contribution in [0.3, 0.4) is 0 Å². The van der Waals surface area contributed by atoms with Crippen LogP contribution in [0.15, 0.2) is 18.2 Å². The topological polar surface area (TPSA) is 47.3 Å². The fourth-order valence-corrected chi connectivity index (χ4v) is 1.60. The van der Waals surface area contributed by atoms with Gasteiger partial charge in [0, 0.05) is 12.2 Å². The standard InChI is InChI=1S/C11H16F2N2O/c1-3-16-7(2)11(15-14)8-5-4-6-9(12)10(8)13/h4-7,11,15H,3,14H2,1-2H3. The Balaban J connectivity index is 2.99. The Bertz CT molecular complexity index is 347. The third-order valence-electron chi connectivity index (χ3n) is 2.40. The molecule has 0 fully saturated rings. The maximum Gasteiger partial charge on any atom is 0.163 e. The second-order valence-electron chi connectivity index (χ2n) is 3.45. The Kier molecular flexibility index (Phi) is 4.79. The molecule has 2 unspecified atom stereocenters. The second kappa shape index (κ2) is 5.89. The van der Waals surface area contributed by atoms with Crippen LogP contribution in [0.5, 0.6) is 0 Å². The van der Waals surface area contributed by atoms with E-state index in [9.17, 15) is 8.78 Å². The normalized spacial score (nSPS) is 14.8. The smallest absolute Gasteiger partial charge is 0.163 e. The van der Waals surface area contributed by atoms with Gasteiger partial charge >= 0.3 is 0 Å². The summed E-state index contributed by atoms with van der Waals surface area (Å²) in [5.74, 6) is 3.56. The Hall–Kier alpha value is -1.04. The molecule has 0 bridgehead atoms. The molecular formula is C11H16F2N2O. The van der Waals surface area contributed by atoms with Crippen LogP contribution in [0.4, 0.5) is 8.78 Å². The summed E-state index contributed by atoms with van der Waals surface area (Å²) < 4.78 is 31.9. The van der Waals surface area contributed by atoms with E-state index < -0.39 is 17.7 Å². The monoisotopic (exact) mass is 230 g/mol. The van der Waals surface area contributed by atoms with Gasteiger partial charge in [-0.15, -0.1) is 0 Å². The first kappa shape index (κ1) is 13.0. The molecule has 0 spiro atoms. The molecule has 1 aromatic rings. The molecule has 0 amide bonds. The predicted octanol–water partition coefficient (Wildman–Crippen LogP) is 1.89. The molecule has 0 aliphatic heterocycles. The summed E-state index contributed by atoms with van der Waals surface area (Å²) in [6.07, 6.45) is -0.341. The highest BCUT2D eigenvalue weighted by Gasteiger charge is 2.22. The van der Waals surface area contributed by atoms with Crippen molar-refractivity contribution in [3.05, 3.63) is 35.4 Å². The lowest BCUT2D eigenvalue weighted by molar-refractivity contribution is 0.0461. The quantitative estimate of drug-likeness (QED) is 0.600. The minimum absolute atomic E-state index is 0.170. The molecule has 3 N–H and O–H groups in total. The predicted molar refractivity (Wildman–Crippen MR) is 57.5 cm³/mol. The van der Waals surface area contributed by atoms with Crippen LogP contribution in [0.2, 0.25) is 0 Å². The van der Waals surface area contributed by atoms with E-state index in [0.29, 0.717) is 6.61 Å². The van der Waals surface area contributed by atoms with Crippen molar-refractivity contribution in [2.45, 2.75) is 26.0 Å². The first-order valence-corrected chi connectivity index (χ1v) is 5.13. The average molecular weight is 230 g/mol. The van der Waals surface area contributed by atoms with Crippen LogP contribution in [0.1, 0.15) is 25.5 Å². The van der Waals surface area contributed by atoms with Gasteiger partial charge in [0.1, 0.15) is 0 Å². The van der Waals surface area contributed by atoms with Gasteiger partial charge in [-0.2, -0.15) is 0 Å². The van der Waals surface area contributed by atoms with Crippen molar-refractivity contribution in [3.63, 3.8) is 0 Å². The summed E-state index contributed by atoms with van der Waals surface area (Å²) in [5.41, 5.74) is 2.61. The van der Waals surface area contributed by atoms with Crippen LogP contribution < -0.4 is 11.3 Å². The largest absolute Gasteiger partial charge is 0.377 e. The molecule has 16 heavy (non-hydrogen) atoms. The van der Waals surface area contributed by atoms with Crippen LogP contribution in [0, 0.1) is 11.6 Å². The molecule has 0 saturated carbocycles. The fourth-order valence-electron chi connectivity index (χ4n) is 1.60. The number of hydrogen-bond acceptors (Lipinski definition) is 3. The molecule has 0 aromatic heterocycles. The molecule has 1 aromatic carbocycles. The number of nitrogens with one attached hydrogen (secondary N) is 1. The molecule has 0 aliphatic carbocycles. The maximum absolute atomic E-state index is 13.5. The molecule has 0 saturated heterocycles. The molecule has 0 aliphatic rings. The molecule has 0 radical (unpaired) electrons. The minimum atomic E-state index is -0.892. The number of halogens is 2. The van der Waals surface area contributed by atoms with Gasteiger partial charge in [-0.3, -0.25) is 11.3 Å². The molecule has 90 valence electrons. The highest BCUT2D eigenvalue weighted by Crippen LogP contribution is 2.22. The van der Waals surface area contributed by atoms with Crippen LogP contribution in [-0.2, 0) is 4.74 Å². The first-order valence-electron chi connectivity index (χ1n) is 5.13. The molecule has 5 heteroatoms. The zero-order valence-electron chi connectivity index (χ0n) is 9.34. The molecule has 2 atom stereocenters. The highest BCUT2D eigenvalue weighted by molar-refractivity contribution is 5.23. The third kappa shape index (κ3) is 2.75. The van der Waals surface area contributed by atoms with E-state index in [4.69, 9.17) is 10.6 Å². The Labute approximate surface area is 93.6 Å². The number of hydrogen-bond donors (Lipinski definition) is 2. The van der Waals surface area contributed by atoms with Gasteiger partial charge in [0.05, 0.1) is 12.1 Å². The summed E-state index contributed by atoms with van der Waals surface area (Å²) >= 11 is 0. The van der Waals surface area contributed by atoms with Crippen LogP contribution in [-0.4, -0.2) is 12.7 Å². The minimum Gasteiger partial charge on any atom is -0.377 e. The summed E-state index contributed by atoms with van der Waals surface area (Å²) in [7, 11) is 0. The van der Waals surface area contributed by atoms with Gasteiger partial charge in [-0.05, 0) is 19.9 Å². The number of ether oxygens (including phenoxy) is 1. The van der Waals surface area contributed by atoms with Gasteiger partial charge in [0.2, 0.25) is 0 Å². The molecular weight excluding hydrogens is 214 g/mol. The van der Waals surface area contributed by atoms with Crippen molar-refractivity contribution in [2.75, 3.05) is 6.61 Å². The Morgan fingerprint density at radius 2 is 2.12 bits per heavy atom. The second-order valence-corrected chi connectivity index (χ2v) is 3.45. The van der Waals surface area contributed by atoms with E-state index in [1.807, 2.05) is 6.92 Å². The Morgan fingerprint density at radius 3 is 2.69 bits per heavy atom. The van der Waals surface area contributed by atoms with Gasteiger partial charge < -0.3 is 4.74 Å². The van der Waals surface area contributed by atoms with Crippen molar-refractivity contribution in [3.8, 4) is 0 Å². The zero-order chi connectivity index (χ0) is 12.1. The molecule has 3 nitrogen and oxygen atoms in total. The lowest BCUT2D eigenvalue weighted by Gasteiger charge is -2.23. The summed E-state index contributed by atoms with van der Waals surface area (Å²) in [5, 5.41) is 0. The van der Waals surface area contributed by atoms with E-state index in [2.05, 4.69) is 5.43 Å². The lowest BCUT2D eigenvalue weighted by atomic mass is 10.0. The van der Waals surface area contributed by atoms with Crippen LogP contribution in [0.25, 0.3) is 0 Å². The number of benzene rings is 1. The van der Waals surface area contributed by atoms with Gasteiger partial charge in [0.25, 0.3) is 0 Å². The number of hydrazine groups is 1. The number of nitrogens with two attached hydrogens (primary N) is 1. The Morgan fingerprint density at radius 1 is 1.44 bits per heavy atom. The summed E-state index contributed by atoms with van der Waals surface area (Å²) in [6.45, 7) is 4.06. The van der Waals surface area contributed by atoms with Gasteiger partial charge in [-0.25, -0.2) is 8.78 Å². The van der Waals surface area contributed by atoms with E-state index in [1.165, 1.54) is 12.1 Å². The van der Waals surface area contributed by atoms with Crippen LogP contribution >= 0.6 is 0 Å². The van der Waals surface area contributed by atoms with Crippen molar-refractivity contribution in [2.24, 2.45) is 5.84 Å². The average Bonchev–Trinajstić information content (AvgIpc) is 2.25. The first-order chi connectivity index (χ1) is 7.61. The summed E-state index contributed by atoms with van der Waals surface area (Å²) in [6, 6.07) is 3.42. The highest BCUT2D eigenvalue weighted by atomic mass is 19.2.